The number of nitrogens with zero attached hydrogens (tertiary/aromatic N) is 3. The molecule has 2 rings (SSSR count). The van der Waals surface area contributed by atoms with E-state index in [1.54, 1.807) is 6.20 Å². The molecular formula is C12H15N3. The van der Waals surface area contributed by atoms with Gasteiger partial charge in [0.15, 0.2) is 5.82 Å². The molecule has 15 heavy (non-hydrogen) atoms. The van der Waals surface area contributed by atoms with Gasteiger partial charge in [0, 0.05) is 17.8 Å². The Morgan fingerprint density at radius 3 is 2.13 bits per heavy atom. The third-order valence-electron chi connectivity index (χ3n) is 2.28. The van der Waals surface area contributed by atoms with Gasteiger partial charge in [0.25, 0.3) is 0 Å². The van der Waals surface area contributed by atoms with E-state index in [0.29, 0.717) is 0 Å². The van der Waals surface area contributed by atoms with E-state index in [2.05, 4.69) is 30.7 Å². The van der Waals surface area contributed by atoms with Crippen molar-refractivity contribution in [2.24, 2.45) is 0 Å². The van der Waals surface area contributed by atoms with Gasteiger partial charge in [-0.3, -0.25) is 4.98 Å². The highest BCUT2D eigenvalue weighted by molar-refractivity contribution is 5.22. The van der Waals surface area contributed by atoms with Crippen molar-refractivity contribution in [2.75, 3.05) is 0 Å². The van der Waals surface area contributed by atoms with Crippen molar-refractivity contribution < 1.29 is 0 Å². The lowest BCUT2D eigenvalue weighted by atomic mass is 9.93. The maximum Gasteiger partial charge on any atom is 0.155 e. The lowest BCUT2D eigenvalue weighted by Gasteiger charge is -2.16. The summed E-state index contributed by atoms with van der Waals surface area (Å²) in [5.41, 5.74) is 1.07. The van der Waals surface area contributed by atoms with Gasteiger partial charge in [-0.2, -0.15) is 0 Å². The SMILES string of the molecule is CC(C)(C)c1cnc(-n2cccc2)cn1. The number of hydrogen-bond acceptors (Lipinski definition) is 2. The topological polar surface area (TPSA) is 30.7 Å². The lowest BCUT2D eigenvalue weighted by molar-refractivity contribution is 0.564. The smallest absolute Gasteiger partial charge is 0.155 e. The molecule has 0 amide bonds. The Hall–Kier alpha value is -1.64. The van der Waals surface area contributed by atoms with Crippen molar-refractivity contribution in [3.8, 4) is 5.82 Å². The Kier molecular flexibility index (Phi) is 2.31. The molecule has 3 nitrogen and oxygen atoms in total. The van der Waals surface area contributed by atoms with Crippen molar-refractivity contribution in [1.29, 1.82) is 0 Å². The summed E-state index contributed by atoms with van der Waals surface area (Å²) in [7, 11) is 0. The Balaban J connectivity index is 2.33. The Morgan fingerprint density at radius 2 is 1.67 bits per heavy atom. The minimum Gasteiger partial charge on any atom is -0.307 e. The van der Waals surface area contributed by atoms with Gasteiger partial charge in [0.05, 0.1) is 18.1 Å². The molecule has 0 spiro atoms. The number of hydrogen-bond donors (Lipinski definition) is 0. The maximum absolute atomic E-state index is 4.42. The molecule has 2 aromatic heterocycles. The summed E-state index contributed by atoms with van der Waals surface area (Å²) in [5, 5.41) is 0. The van der Waals surface area contributed by atoms with E-state index in [1.165, 1.54) is 0 Å². The summed E-state index contributed by atoms with van der Waals surface area (Å²) < 4.78 is 1.94. The zero-order valence-corrected chi connectivity index (χ0v) is 9.31. The molecule has 0 fully saturated rings. The molecule has 0 N–H and O–H groups in total. The molecule has 0 radical (unpaired) electrons. The first kappa shape index (κ1) is 9.90. The predicted octanol–water partition coefficient (Wildman–Crippen LogP) is 2.56. The maximum atomic E-state index is 4.42. The summed E-state index contributed by atoms with van der Waals surface area (Å²) >= 11 is 0. The van der Waals surface area contributed by atoms with Crippen LogP contribution in [0, 0.1) is 0 Å². The number of rotatable bonds is 1. The molecule has 0 atom stereocenters. The second-order valence-electron chi connectivity index (χ2n) is 4.60. The Labute approximate surface area is 89.8 Å². The Morgan fingerprint density at radius 1 is 1.00 bits per heavy atom. The van der Waals surface area contributed by atoms with Gasteiger partial charge >= 0.3 is 0 Å². The van der Waals surface area contributed by atoms with Crippen LogP contribution in [0.15, 0.2) is 36.9 Å². The molecule has 2 aromatic rings. The van der Waals surface area contributed by atoms with Crippen molar-refractivity contribution in [1.82, 2.24) is 14.5 Å². The summed E-state index contributed by atoms with van der Waals surface area (Å²) in [6.07, 6.45) is 7.57. The van der Waals surface area contributed by atoms with E-state index in [4.69, 9.17) is 0 Å². The van der Waals surface area contributed by atoms with Gasteiger partial charge < -0.3 is 4.57 Å². The van der Waals surface area contributed by atoms with Crippen LogP contribution in [0.3, 0.4) is 0 Å². The highest BCUT2D eigenvalue weighted by Gasteiger charge is 2.15. The second-order valence-corrected chi connectivity index (χ2v) is 4.60. The fraction of sp³-hybridized carbons (Fsp3) is 0.333. The van der Waals surface area contributed by atoms with Gasteiger partial charge in [-0.15, -0.1) is 0 Å². The van der Waals surface area contributed by atoms with Crippen LogP contribution in [0.25, 0.3) is 5.82 Å². The predicted molar refractivity (Wildman–Crippen MR) is 60.1 cm³/mol. The van der Waals surface area contributed by atoms with Crippen LogP contribution in [0.2, 0.25) is 0 Å². The monoisotopic (exact) mass is 201 g/mol. The first-order chi connectivity index (χ1) is 7.07. The Bertz CT molecular complexity index is 421. The summed E-state index contributed by atoms with van der Waals surface area (Å²) in [4.78, 5) is 8.81. The van der Waals surface area contributed by atoms with Crippen molar-refractivity contribution in [3.63, 3.8) is 0 Å². The molecule has 0 aliphatic rings. The minimum absolute atomic E-state index is 0.0578. The zero-order chi connectivity index (χ0) is 10.9. The highest BCUT2D eigenvalue weighted by atomic mass is 15.1. The fourth-order valence-corrected chi connectivity index (χ4v) is 1.33. The summed E-state index contributed by atoms with van der Waals surface area (Å²) in [6, 6.07) is 3.94. The first-order valence-corrected chi connectivity index (χ1v) is 5.03. The first-order valence-electron chi connectivity index (χ1n) is 5.03. The van der Waals surface area contributed by atoms with Crippen LogP contribution in [0.4, 0.5) is 0 Å². The van der Waals surface area contributed by atoms with Crippen LogP contribution in [0.5, 0.6) is 0 Å². The molecule has 0 aliphatic carbocycles. The van der Waals surface area contributed by atoms with Crippen molar-refractivity contribution in [3.05, 3.63) is 42.6 Å². The molecule has 0 aliphatic heterocycles. The highest BCUT2D eigenvalue weighted by Crippen LogP contribution is 2.18. The zero-order valence-electron chi connectivity index (χ0n) is 9.31. The van der Waals surface area contributed by atoms with Crippen LogP contribution in [-0.4, -0.2) is 14.5 Å². The largest absolute Gasteiger partial charge is 0.307 e. The fourth-order valence-electron chi connectivity index (χ4n) is 1.33. The van der Waals surface area contributed by atoms with Crippen LogP contribution in [-0.2, 0) is 5.41 Å². The quantitative estimate of drug-likeness (QED) is 0.710. The molecule has 0 bridgehead atoms. The molecule has 0 saturated carbocycles. The molecule has 0 unspecified atom stereocenters. The number of aromatic nitrogens is 3. The second kappa shape index (κ2) is 3.50. The van der Waals surface area contributed by atoms with Gasteiger partial charge in [0.2, 0.25) is 0 Å². The van der Waals surface area contributed by atoms with E-state index >= 15 is 0 Å². The average molecular weight is 201 g/mol. The van der Waals surface area contributed by atoms with E-state index in [-0.39, 0.29) is 5.41 Å². The van der Waals surface area contributed by atoms with Gasteiger partial charge in [-0.1, -0.05) is 20.8 Å². The van der Waals surface area contributed by atoms with Crippen LogP contribution in [0.1, 0.15) is 26.5 Å². The molecule has 78 valence electrons. The van der Waals surface area contributed by atoms with Crippen LogP contribution < -0.4 is 0 Å². The average Bonchev–Trinajstić information content (AvgIpc) is 2.69. The van der Waals surface area contributed by atoms with E-state index in [0.717, 1.165) is 11.5 Å². The van der Waals surface area contributed by atoms with Gasteiger partial charge in [0.1, 0.15) is 0 Å². The summed E-state index contributed by atoms with van der Waals surface area (Å²) in [6.45, 7) is 6.39. The summed E-state index contributed by atoms with van der Waals surface area (Å²) in [5.74, 6) is 0.855. The van der Waals surface area contributed by atoms with Crippen molar-refractivity contribution >= 4 is 0 Å². The molecule has 3 heteroatoms. The minimum atomic E-state index is 0.0578. The van der Waals surface area contributed by atoms with Crippen LogP contribution >= 0.6 is 0 Å². The normalized spacial score (nSPS) is 11.7. The third kappa shape index (κ3) is 2.06. The lowest BCUT2D eigenvalue weighted by Crippen LogP contribution is -2.14. The standard InChI is InChI=1S/C12H15N3/c1-12(2,3)10-8-14-11(9-13-10)15-6-4-5-7-15/h4-9H,1-3H3. The van der Waals surface area contributed by atoms with Gasteiger partial charge in [-0.05, 0) is 12.1 Å². The molecular weight excluding hydrogens is 186 g/mol. The van der Waals surface area contributed by atoms with E-state index < -0.39 is 0 Å². The molecule has 0 saturated heterocycles. The third-order valence-corrected chi connectivity index (χ3v) is 2.28. The molecule has 2 heterocycles. The van der Waals surface area contributed by atoms with E-state index in [9.17, 15) is 0 Å². The van der Waals surface area contributed by atoms with E-state index in [1.807, 2.05) is 35.3 Å². The molecule has 0 aromatic carbocycles. The van der Waals surface area contributed by atoms with Crippen molar-refractivity contribution in [2.45, 2.75) is 26.2 Å². The van der Waals surface area contributed by atoms with Gasteiger partial charge in [-0.25, -0.2) is 4.98 Å².